The highest BCUT2D eigenvalue weighted by atomic mass is 16.6. The van der Waals surface area contributed by atoms with Gasteiger partial charge in [-0.05, 0) is 30.9 Å². The van der Waals surface area contributed by atoms with Gasteiger partial charge in [-0.1, -0.05) is 66.7 Å². The van der Waals surface area contributed by atoms with Crippen LogP contribution in [0.5, 0.6) is 5.75 Å². The number of benzene rings is 3. The lowest BCUT2D eigenvalue weighted by Crippen LogP contribution is -2.51. The number of hydrogen-bond donors (Lipinski definition) is 2. The van der Waals surface area contributed by atoms with Crippen molar-refractivity contribution in [1.29, 1.82) is 0 Å². The number of amides is 2. The zero-order chi connectivity index (χ0) is 27.4. The largest absolute Gasteiger partial charge is 0.415 e. The molecule has 0 aliphatic carbocycles. The molecule has 1 atom stereocenters. The maximum atomic E-state index is 13.0. The summed E-state index contributed by atoms with van der Waals surface area (Å²) in [5.74, 6) is 1.33. The number of hydrogen-bond acceptors (Lipinski definition) is 7. The number of carbonyl (C=O) groups is 2. The molecular formula is C29H32N6O4. The first-order valence-corrected chi connectivity index (χ1v) is 12.9. The maximum Gasteiger partial charge on any atom is 0.415 e. The summed E-state index contributed by atoms with van der Waals surface area (Å²) < 4.78 is 13.6. The van der Waals surface area contributed by atoms with E-state index < -0.39 is 17.7 Å². The fraction of sp³-hybridized carbons (Fsp3) is 0.310. The second kappa shape index (κ2) is 11.2. The molecule has 1 aliphatic rings. The quantitative estimate of drug-likeness (QED) is 0.358. The van der Waals surface area contributed by atoms with E-state index in [2.05, 4.69) is 15.5 Å². The van der Waals surface area contributed by atoms with Crippen molar-refractivity contribution in [3.8, 4) is 5.75 Å². The van der Waals surface area contributed by atoms with Crippen LogP contribution in [0.3, 0.4) is 0 Å². The molecule has 0 bridgehead atoms. The molecule has 2 amide bonds. The predicted octanol–water partition coefficient (Wildman–Crippen LogP) is 3.56. The Kier molecular flexibility index (Phi) is 7.58. The second-order valence-electron chi connectivity index (χ2n) is 10.1. The number of ether oxygens (including phenoxy) is 2. The van der Waals surface area contributed by atoms with Crippen LogP contribution in [-0.4, -0.2) is 50.4 Å². The third-order valence-electron chi connectivity index (χ3n) is 6.59. The minimum Gasteiger partial charge on any atom is -0.410 e. The number of nitrogens with one attached hydrogen (secondary N) is 1. The topological polar surface area (TPSA) is 125 Å². The third-order valence-corrected chi connectivity index (χ3v) is 6.59. The molecular weight excluding hydrogens is 496 g/mol. The van der Waals surface area contributed by atoms with Gasteiger partial charge in [0, 0.05) is 18.5 Å². The van der Waals surface area contributed by atoms with E-state index in [1.807, 2.05) is 71.3 Å². The van der Waals surface area contributed by atoms with E-state index in [9.17, 15) is 9.59 Å². The van der Waals surface area contributed by atoms with Gasteiger partial charge >= 0.3 is 6.09 Å². The molecule has 2 heterocycles. The van der Waals surface area contributed by atoms with Crippen LogP contribution in [0.1, 0.15) is 37.1 Å². The van der Waals surface area contributed by atoms with Crippen LogP contribution in [0.4, 0.5) is 4.79 Å². The van der Waals surface area contributed by atoms with Crippen LogP contribution in [0.25, 0.3) is 10.8 Å². The van der Waals surface area contributed by atoms with Crippen molar-refractivity contribution in [1.82, 2.24) is 25.0 Å². The Morgan fingerprint density at radius 2 is 1.74 bits per heavy atom. The van der Waals surface area contributed by atoms with E-state index in [1.54, 1.807) is 24.8 Å². The molecule has 5 rings (SSSR count). The normalized spacial score (nSPS) is 14.1. The number of aromatic nitrogens is 3. The summed E-state index contributed by atoms with van der Waals surface area (Å²) in [4.78, 5) is 27.4. The van der Waals surface area contributed by atoms with E-state index in [4.69, 9.17) is 15.2 Å². The maximum absolute atomic E-state index is 13.0. The Balaban J connectivity index is 1.30. The molecule has 3 N–H and O–H groups in total. The van der Waals surface area contributed by atoms with Crippen molar-refractivity contribution in [3.05, 3.63) is 90.0 Å². The molecule has 10 nitrogen and oxygen atoms in total. The van der Waals surface area contributed by atoms with E-state index >= 15 is 0 Å². The fourth-order valence-corrected chi connectivity index (χ4v) is 4.43. The van der Waals surface area contributed by atoms with Gasteiger partial charge < -0.3 is 25.1 Å². The van der Waals surface area contributed by atoms with Crippen molar-refractivity contribution in [2.45, 2.75) is 45.1 Å². The standard InChI is InChI=1S/C29H32N6O4/c1-29(2,30)27(36)31-23(19-38-18-20-9-4-3-5-10-20)26-33-32-25-17-34(15-16-35(25)26)28(37)39-24-14-8-12-21-11-6-7-13-22(21)24/h3-14,23H,15-19,30H2,1-2H3,(H,31,36)/t23-/m1/s1. The number of fused-ring (bicyclic) bond motifs is 2. The Hall–Kier alpha value is -4.28. The van der Waals surface area contributed by atoms with E-state index in [0.29, 0.717) is 37.1 Å². The molecule has 1 aliphatic heterocycles. The summed E-state index contributed by atoms with van der Waals surface area (Å²) in [6, 6.07) is 22.6. The molecule has 4 aromatic rings. The van der Waals surface area contributed by atoms with Gasteiger partial charge in [-0.25, -0.2) is 4.79 Å². The molecule has 202 valence electrons. The molecule has 3 aromatic carbocycles. The lowest BCUT2D eigenvalue weighted by Gasteiger charge is -2.29. The first-order chi connectivity index (χ1) is 18.8. The molecule has 0 spiro atoms. The number of rotatable bonds is 8. The smallest absolute Gasteiger partial charge is 0.410 e. The van der Waals surface area contributed by atoms with E-state index in [0.717, 1.165) is 16.3 Å². The van der Waals surface area contributed by atoms with Crippen LogP contribution in [-0.2, 0) is 29.2 Å². The Bertz CT molecular complexity index is 1460. The Labute approximate surface area is 226 Å². The van der Waals surface area contributed by atoms with Gasteiger partial charge in [0.25, 0.3) is 0 Å². The Morgan fingerprint density at radius 1 is 1.00 bits per heavy atom. The highest BCUT2D eigenvalue weighted by Gasteiger charge is 2.32. The summed E-state index contributed by atoms with van der Waals surface area (Å²) in [6.07, 6.45) is -0.455. The monoisotopic (exact) mass is 528 g/mol. The van der Waals surface area contributed by atoms with Gasteiger partial charge in [-0.2, -0.15) is 0 Å². The average molecular weight is 529 g/mol. The van der Waals surface area contributed by atoms with Crippen LogP contribution in [0.2, 0.25) is 0 Å². The van der Waals surface area contributed by atoms with Crippen LogP contribution in [0.15, 0.2) is 72.8 Å². The van der Waals surface area contributed by atoms with Gasteiger partial charge in [0.1, 0.15) is 11.8 Å². The summed E-state index contributed by atoms with van der Waals surface area (Å²) in [5, 5.41) is 13.5. The lowest BCUT2D eigenvalue weighted by atomic mass is 10.1. The van der Waals surface area contributed by atoms with Crippen molar-refractivity contribution in [2.75, 3.05) is 13.2 Å². The summed E-state index contributed by atoms with van der Waals surface area (Å²) >= 11 is 0. The van der Waals surface area contributed by atoms with Crippen molar-refractivity contribution in [2.24, 2.45) is 5.73 Å². The summed E-state index contributed by atoms with van der Waals surface area (Å²) in [5.41, 5.74) is 5.97. The summed E-state index contributed by atoms with van der Waals surface area (Å²) in [7, 11) is 0. The molecule has 0 radical (unpaired) electrons. The zero-order valence-corrected chi connectivity index (χ0v) is 22.0. The van der Waals surface area contributed by atoms with Crippen molar-refractivity contribution >= 4 is 22.8 Å². The molecule has 1 aromatic heterocycles. The zero-order valence-electron chi connectivity index (χ0n) is 22.0. The molecule has 39 heavy (non-hydrogen) atoms. The van der Waals surface area contributed by atoms with Crippen LogP contribution < -0.4 is 15.8 Å². The van der Waals surface area contributed by atoms with Gasteiger partial charge in [0.2, 0.25) is 5.91 Å². The van der Waals surface area contributed by atoms with Gasteiger partial charge in [-0.3, -0.25) is 9.69 Å². The lowest BCUT2D eigenvalue weighted by molar-refractivity contribution is -0.126. The van der Waals surface area contributed by atoms with E-state index in [-0.39, 0.29) is 19.1 Å². The number of nitrogens with zero attached hydrogens (tertiary/aromatic N) is 4. The van der Waals surface area contributed by atoms with Gasteiger partial charge in [-0.15, -0.1) is 10.2 Å². The van der Waals surface area contributed by atoms with Crippen molar-refractivity contribution < 1.29 is 19.1 Å². The average Bonchev–Trinajstić information content (AvgIpc) is 3.36. The minimum absolute atomic E-state index is 0.182. The third kappa shape index (κ3) is 6.08. The minimum atomic E-state index is -1.08. The van der Waals surface area contributed by atoms with Crippen LogP contribution in [0, 0.1) is 0 Å². The van der Waals surface area contributed by atoms with E-state index in [1.165, 1.54) is 0 Å². The fourth-order valence-electron chi connectivity index (χ4n) is 4.43. The number of carbonyl (C=O) groups excluding carboxylic acids is 2. The Morgan fingerprint density at radius 3 is 2.54 bits per heavy atom. The molecule has 0 unspecified atom stereocenters. The predicted molar refractivity (Wildman–Crippen MR) is 146 cm³/mol. The first kappa shape index (κ1) is 26.3. The molecule has 10 heteroatoms. The first-order valence-electron chi connectivity index (χ1n) is 12.9. The van der Waals surface area contributed by atoms with Gasteiger partial charge in [0.05, 0.1) is 25.3 Å². The van der Waals surface area contributed by atoms with Crippen molar-refractivity contribution in [3.63, 3.8) is 0 Å². The van der Waals surface area contributed by atoms with Crippen LogP contribution >= 0.6 is 0 Å². The molecule has 0 saturated carbocycles. The van der Waals surface area contributed by atoms with Gasteiger partial charge in [0.15, 0.2) is 11.6 Å². The second-order valence-corrected chi connectivity index (χ2v) is 10.1. The highest BCUT2D eigenvalue weighted by Crippen LogP contribution is 2.26. The molecule has 0 fully saturated rings. The summed E-state index contributed by atoms with van der Waals surface area (Å²) in [6.45, 7) is 4.92. The number of nitrogens with two attached hydrogens (primary N) is 1. The SMILES string of the molecule is CC(C)(N)C(=O)N[C@H](COCc1ccccc1)c1nnc2n1CCN(C(=O)Oc1cccc3ccccc13)C2. The molecule has 0 saturated heterocycles. The highest BCUT2D eigenvalue weighted by molar-refractivity contribution is 5.90.